The molecule has 63 heavy (non-hydrogen) atoms. The van der Waals surface area contributed by atoms with E-state index in [0.29, 0.717) is 44.4 Å². The molecule has 0 aliphatic heterocycles. The van der Waals surface area contributed by atoms with Crippen molar-refractivity contribution in [2.45, 2.75) is 117 Å². The van der Waals surface area contributed by atoms with Gasteiger partial charge in [-0.3, -0.25) is 14.6 Å². The van der Waals surface area contributed by atoms with Crippen molar-refractivity contribution in [1.82, 2.24) is 31.2 Å². The molecule has 3 rings (SSSR count). The summed E-state index contributed by atoms with van der Waals surface area (Å²) >= 11 is 0. The fourth-order valence-corrected chi connectivity index (χ4v) is 5.03. The number of halogens is 3. The number of anilines is 1. The van der Waals surface area contributed by atoms with Crippen LogP contribution in [0, 0.1) is 0 Å². The van der Waals surface area contributed by atoms with Crippen molar-refractivity contribution >= 4 is 53.5 Å². The summed E-state index contributed by atoms with van der Waals surface area (Å²) in [6, 6.07) is 12.5. The van der Waals surface area contributed by atoms with Gasteiger partial charge in [0.1, 0.15) is 29.1 Å². The van der Waals surface area contributed by atoms with Crippen LogP contribution in [0.2, 0.25) is 0 Å². The number of benzene rings is 2. The summed E-state index contributed by atoms with van der Waals surface area (Å²) in [4.78, 5) is 74.2. The van der Waals surface area contributed by atoms with Crippen LogP contribution in [0.15, 0.2) is 60.8 Å². The highest BCUT2D eigenvalue weighted by molar-refractivity contribution is 5.88. The van der Waals surface area contributed by atoms with Crippen molar-refractivity contribution in [1.29, 1.82) is 0 Å². The summed E-state index contributed by atoms with van der Waals surface area (Å²) in [5.41, 5.74) is -0.175. The lowest BCUT2D eigenvalue weighted by molar-refractivity contribution is -0.137. The number of fused-ring (bicyclic) bond motifs is 1. The number of amides is 5. The zero-order valence-corrected chi connectivity index (χ0v) is 38.0. The van der Waals surface area contributed by atoms with Gasteiger partial charge in [0, 0.05) is 55.9 Å². The summed E-state index contributed by atoms with van der Waals surface area (Å²) in [6.45, 7) is 19.9. The molecule has 1 heterocycles. The Labute approximate surface area is 367 Å². The lowest BCUT2D eigenvalue weighted by Crippen LogP contribution is -2.50. The predicted molar refractivity (Wildman–Crippen MR) is 234 cm³/mol. The van der Waals surface area contributed by atoms with E-state index in [1.807, 2.05) is 83.8 Å². The van der Waals surface area contributed by atoms with Crippen LogP contribution in [0.25, 0.3) is 10.9 Å². The normalized spacial score (nSPS) is 12.4. The lowest BCUT2D eigenvalue weighted by Gasteiger charge is -2.23. The van der Waals surface area contributed by atoms with Gasteiger partial charge in [-0.2, -0.15) is 13.2 Å². The standard InChI is InChI=1S/C19H25F3N2O4.C15H31N3O4.C10H8N2O/c1-12(11-13-5-7-14(8-6-13)19(20,21)22)23-16(26)15(9-10-25)24-17(27)28-18(2,3)4;1-14(2,3)21-12(19)16-8-10-18(7)11-9-17-13(20)22-15(4,5)6;13-7-12-9-3-4-10-8(6-9)2-1-5-11-10/h5-8,10,12,15H,9,11H2,1-4H3,(H,23,26)(H,24,27);8-11H2,1-7H3,(H,16,19)(H,17,20);1-7H,(H,12,13). The fraction of sp³-hybridized carbons (Fsp3) is 0.523. The van der Waals surface area contributed by atoms with E-state index in [0.717, 1.165) is 28.7 Å². The number of aromatic nitrogens is 1. The van der Waals surface area contributed by atoms with Crippen LogP contribution in [0.5, 0.6) is 0 Å². The van der Waals surface area contributed by atoms with E-state index in [9.17, 15) is 41.9 Å². The van der Waals surface area contributed by atoms with Crippen molar-refractivity contribution in [3.05, 3.63) is 71.9 Å². The molecule has 0 fully saturated rings. The molecule has 0 bridgehead atoms. The van der Waals surface area contributed by atoms with Gasteiger partial charge in [0.2, 0.25) is 12.3 Å². The first-order valence-electron chi connectivity index (χ1n) is 20.2. The first-order valence-corrected chi connectivity index (χ1v) is 20.2. The van der Waals surface area contributed by atoms with Gasteiger partial charge in [-0.05, 0) is 125 Å². The molecule has 19 heteroatoms. The van der Waals surface area contributed by atoms with Crippen LogP contribution < -0.4 is 26.6 Å². The second kappa shape index (κ2) is 25.8. The Morgan fingerprint density at radius 2 is 1.27 bits per heavy atom. The number of alkyl halides is 3. The first-order chi connectivity index (χ1) is 29.1. The number of carbonyl (C=O) groups excluding carboxylic acids is 6. The van der Waals surface area contributed by atoms with Gasteiger partial charge in [0.15, 0.2) is 0 Å². The molecule has 0 saturated carbocycles. The summed E-state index contributed by atoms with van der Waals surface area (Å²) in [5, 5.41) is 14.0. The van der Waals surface area contributed by atoms with Gasteiger partial charge in [0.05, 0.1) is 11.1 Å². The molecule has 1 aromatic heterocycles. The number of ether oxygens (including phenoxy) is 3. The first kappa shape index (κ1) is 55.0. The van der Waals surface area contributed by atoms with E-state index in [1.165, 1.54) is 12.1 Å². The quantitative estimate of drug-likeness (QED) is 0.0776. The Bertz CT molecular complexity index is 1880. The van der Waals surface area contributed by atoms with E-state index < -0.39 is 64.8 Å². The molecule has 0 aliphatic carbocycles. The summed E-state index contributed by atoms with van der Waals surface area (Å²) in [6.07, 6.45) is -3.13. The molecule has 0 saturated heterocycles. The molecule has 350 valence electrons. The molecule has 5 amide bonds. The number of carbonyl (C=O) groups is 6. The molecule has 2 atom stereocenters. The van der Waals surface area contributed by atoms with E-state index in [2.05, 4.69) is 31.6 Å². The van der Waals surface area contributed by atoms with Crippen molar-refractivity contribution in [2.24, 2.45) is 0 Å². The number of nitrogens with one attached hydrogen (secondary N) is 5. The number of alkyl carbamates (subject to hydrolysis) is 3. The molecule has 0 spiro atoms. The maximum Gasteiger partial charge on any atom is 0.416 e. The molecule has 0 radical (unpaired) electrons. The minimum atomic E-state index is -4.41. The number of likely N-dealkylation sites (N-methyl/N-ethyl adjacent to an activating group) is 1. The number of aldehydes is 1. The van der Waals surface area contributed by atoms with Crippen LogP contribution in [0.1, 0.15) is 86.8 Å². The lowest BCUT2D eigenvalue weighted by atomic mass is 10.0. The Kier molecular flexibility index (Phi) is 22.6. The maximum atomic E-state index is 12.6. The number of pyridine rings is 1. The summed E-state index contributed by atoms with van der Waals surface area (Å²) < 4.78 is 53.1. The van der Waals surface area contributed by atoms with E-state index >= 15 is 0 Å². The Hall–Kier alpha value is -5.98. The van der Waals surface area contributed by atoms with Crippen LogP contribution >= 0.6 is 0 Å². The van der Waals surface area contributed by atoms with Crippen molar-refractivity contribution < 1.29 is 56.1 Å². The molecule has 0 aliphatic rings. The summed E-state index contributed by atoms with van der Waals surface area (Å²) in [7, 11) is 1.91. The smallest absolute Gasteiger partial charge is 0.416 e. The second-order valence-corrected chi connectivity index (χ2v) is 17.2. The largest absolute Gasteiger partial charge is 0.444 e. The maximum absolute atomic E-state index is 12.6. The molecular weight excluding hydrogens is 828 g/mol. The van der Waals surface area contributed by atoms with E-state index in [-0.39, 0.29) is 12.8 Å². The molecule has 3 aromatic rings. The average molecular weight is 892 g/mol. The highest BCUT2D eigenvalue weighted by atomic mass is 19.4. The molecular formula is C44H64F3N7O9. The molecule has 2 aromatic carbocycles. The molecule has 2 unspecified atom stereocenters. The number of hydrogen-bond donors (Lipinski definition) is 5. The third-order valence-electron chi connectivity index (χ3n) is 7.70. The van der Waals surface area contributed by atoms with Gasteiger partial charge in [0.25, 0.3) is 0 Å². The second-order valence-electron chi connectivity index (χ2n) is 17.2. The van der Waals surface area contributed by atoms with E-state index in [1.54, 1.807) is 33.9 Å². The zero-order valence-electron chi connectivity index (χ0n) is 38.0. The van der Waals surface area contributed by atoms with Crippen LogP contribution in [0.3, 0.4) is 0 Å². The predicted octanol–water partition coefficient (Wildman–Crippen LogP) is 7.01. The Balaban J connectivity index is 0.000000502. The van der Waals surface area contributed by atoms with Gasteiger partial charge in [-0.25, -0.2) is 14.4 Å². The molecule has 5 N–H and O–H groups in total. The highest BCUT2D eigenvalue weighted by Gasteiger charge is 2.30. The Morgan fingerprint density at radius 1 is 0.746 bits per heavy atom. The number of hydrogen-bond acceptors (Lipinski definition) is 11. The monoisotopic (exact) mass is 891 g/mol. The van der Waals surface area contributed by atoms with Gasteiger partial charge >= 0.3 is 24.5 Å². The zero-order chi connectivity index (χ0) is 48.0. The number of rotatable bonds is 15. The minimum absolute atomic E-state index is 0.238. The fourth-order valence-electron chi connectivity index (χ4n) is 5.03. The Morgan fingerprint density at radius 3 is 1.75 bits per heavy atom. The third-order valence-corrected chi connectivity index (χ3v) is 7.70. The minimum Gasteiger partial charge on any atom is -0.444 e. The molecule has 16 nitrogen and oxygen atoms in total. The summed E-state index contributed by atoms with van der Waals surface area (Å²) in [5.74, 6) is -0.586. The van der Waals surface area contributed by atoms with Gasteiger partial charge < -0.3 is 50.5 Å². The van der Waals surface area contributed by atoms with Crippen molar-refractivity contribution in [2.75, 3.05) is 38.5 Å². The van der Waals surface area contributed by atoms with Crippen LogP contribution in [-0.2, 0) is 41.2 Å². The van der Waals surface area contributed by atoms with Gasteiger partial charge in [-0.1, -0.05) is 18.2 Å². The average Bonchev–Trinajstić information content (AvgIpc) is 3.13. The third kappa shape index (κ3) is 26.2. The number of nitrogens with zero attached hydrogens (tertiary/aromatic N) is 2. The highest BCUT2D eigenvalue weighted by Crippen LogP contribution is 2.29. The van der Waals surface area contributed by atoms with Crippen molar-refractivity contribution in [3.8, 4) is 0 Å². The van der Waals surface area contributed by atoms with Crippen molar-refractivity contribution in [3.63, 3.8) is 0 Å². The topological polar surface area (TPSA) is 206 Å². The van der Waals surface area contributed by atoms with Crippen LogP contribution in [0.4, 0.5) is 33.2 Å². The van der Waals surface area contributed by atoms with E-state index in [4.69, 9.17) is 14.2 Å². The van der Waals surface area contributed by atoms with Crippen LogP contribution in [-0.4, -0.2) is 109 Å². The SMILES string of the molecule is CC(Cc1ccc(C(F)(F)F)cc1)NC(=O)C(CC=O)NC(=O)OC(C)(C)C.CN(CCNC(=O)OC(C)(C)C)CCNC(=O)OC(C)(C)C.O=CNc1ccc2ncccc2c1. The van der Waals surface area contributed by atoms with Gasteiger partial charge in [-0.15, -0.1) is 0 Å².